The van der Waals surface area contributed by atoms with Gasteiger partial charge >= 0.3 is 5.97 Å². The number of carbonyl (C=O) groups is 1. The number of aromatic nitrogens is 2. The van der Waals surface area contributed by atoms with Crippen LogP contribution >= 0.6 is 0 Å². The first kappa shape index (κ1) is 16.2. The molecule has 0 aliphatic carbocycles. The third kappa shape index (κ3) is 3.16. The summed E-state index contributed by atoms with van der Waals surface area (Å²) in [7, 11) is -3.39. The maximum absolute atomic E-state index is 11.7. The first-order valence-corrected chi connectivity index (χ1v) is 8.44. The molecule has 8 heteroatoms. The Labute approximate surface area is 128 Å². The quantitative estimate of drug-likeness (QED) is 0.792. The Kier molecular flexibility index (Phi) is 4.32. The smallest absolute Gasteiger partial charge is 0.360 e. The predicted molar refractivity (Wildman–Crippen MR) is 78.3 cm³/mol. The van der Waals surface area contributed by atoms with Gasteiger partial charge in [0.2, 0.25) is 5.89 Å². The topological polar surface area (TPSA) is 99.4 Å². The van der Waals surface area contributed by atoms with E-state index in [4.69, 9.17) is 9.15 Å². The van der Waals surface area contributed by atoms with Crippen molar-refractivity contribution in [2.45, 2.75) is 25.8 Å². The van der Waals surface area contributed by atoms with Crippen molar-refractivity contribution in [3.63, 3.8) is 0 Å². The van der Waals surface area contributed by atoms with Gasteiger partial charge in [-0.25, -0.2) is 23.2 Å². The number of nitrogens with zero attached hydrogens (tertiary/aromatic N) is 2. The Morgan fingerprint density at radius 2 is 2.05 bits per heavy atom. The summed E-state index contributed by atoms with van der Waals surface area (Å²) in [5.41, 5.74) is 1.07. The van der Waals surface area contributed by atoms with Gasteiger partial charge in [-0.1, -0.05) is 0 Å². The summed E-state index contributed by atoms with van der Waals surface area (Å²) in [6, 6.07) is 1.60. The molecular weight excluding hydrogens is 308 g/mol. The van der Waals surface area contributed by atoms with E-state index in [1.165, 1.54) is 6.20 Å². The van der Waals surface area contributed by atoms with E-state index < -0.39 is 15.8 Å². The maximum Gasteiger partial charge on any atom is 0.360 e. The van der Waals surface area contributed by atoms with Crippen LogP contribution in [-0.2, 0) is 14.6 Å². The van der Waals surface area contributed by atoms with Crippen molar-refractivity contribution in [2.24, 2.45) is 0 Å². The minimum absolute atomic E-state index is 0.00476. The summed E-state index contributed by atoms with van der Waals surface area (Å²) in [4.78, 5) is 19.8. The van der Waals surface area contributed by atoms with Gasteiger partial charge in [0.15, 0.2) is 20.6 Å². The second-order valence-electron chi connectivity index (χ2n) is 4.76. The minimum atomic E-state index is -3.39. The molecule has 2 rings (SSSR count). The fraction of sp³-hybridized carbons (Fsp3) is 0.357. The van der Waals surface area contributed by atoms with Crippen molar-refractivity contribution in [2.75, 3.05) is 12.9 Å². The number of esters is 1. The lowest BCUT2D eigenvalue weighted by molar-refractivity contribution is 0.0518. The zero-order chi connectivity index (χ0) is 16.5. The first-order valence-electron chi connectivity index (χ1n) is 6.55. The van der Waals surface area contributed by atoms with E-state index in [0.29, 0.717) is 16.9 Å². The van der Waals surface area contributed by atoms with E-state index in [2.05, 4.69) is 9.97 Å². The summed E-state index contributed by atoms with van der Waals surface area (Å²) < 4.78 is 33.5. The zero-order valence-corrected chi connectivity index (χ0v) is 13.5. The lowest BCUT2D eigenvalue weighted by atomic mass is 10.2. The molecule has 0 saturated carbocycles. The minimum Gasteiger partial charge on any atom is -0.461 e. The molecular formula is C14H16N2O5S. The summed E-state index contributed by atoms with van der Waals surface area (Å²) in [6.07, 6.45) is 2.44. The normalized spacial score (nSPS) is 11.5. The number of pyridine rings is 1. The molecule has 0 N–H and O–H groups in total. The molecule has 0 spiro atoms. The van der Waals surface area contributed by atoms with Crippen LogP contribution in [0.3, 0.4) is 0 Å². The van der Waals surface area contributed by atoms with Gasteiger partial charge in [0.1, 0.15) is 5.76 Å². The molecule has 0 aromatic carbocycles. The average Bonchev–Trinajstić information content (AvgIpc) is 2.79. The summed E-state index contributed by atoms with van der Waals surface area (Å²) in [5.74, 6) is -0.0399. The van der Waals surface area contributed by atoms with Crippen molar-refractivity contribution in [1.29, 1.82) is 0 Å². The monoisotopic (exact) mass is 324 g/mol. The number of rotatable bonds is 4. The highest BCUT2D eigenvalue weighted by Gasteiger charge is 2.20. The van der Waals surface area contributed by atoms with Gasteiger partial charge in [0.05, 0.1) is 12.2 Å². The molecule has 118 valence electrons. The van der Waals surface area contributed by atoms with Crippen molar-refractivity contribution < 1.29 is 22.4 Å². The van der Waals surface area contributed by atoms with Gasteiger partial charge in [0, 0.05) is 12.5 Å². The second-order valence-corrected chi connectivity index (χ2v) is 6.69. The fourth-order valence-electron chi connectivity index (χ4n) is 1.98. The van der Waals surface area contributed by atoms with Crippen LogP contribution in [0.2, 0.25) is 0 Å². The van der Waals surface area contributed by atoms with Crippen LogP contribution in [0.4, 0.5) is 0 Å². The molecule has 0 unspecified atom stereocenters. The van der Waals surface area contributed by atoms with E-state index in [0.717, 1.165) is 6.26 Å². The Morgan fingerprint density at radius 3 is 2.59 bits per heavy atom. The second kappa shape index (κ2) is 5.88. The van der Waals surface area contributed by atoms with Crippen molar-refractivity contribution in [3.05, 3.63) is 29.3 Å². The number of aryl methyl sites for hydroxylation is 2. The molecule has 0 radical (unpaired) electrons. The van der Waals surface area contributed by atoms with Gasteiger partial charge in [-0.3, -0.25) is 0 Å². The molecule has 0 bridgehead atoms. The molecule has 7 nitrogen and oxygen atoms in total. The van der Waals surface area contributed by atoms with Crippen molar-refractivity contribution in [3.8, 4) is 11.5 Å². The van der Waals surface area contributed by atoms with Gasteiger partial charge in [-0.2, -0.15) is 0 Å². The van der Waals surface area contributed by atoms with Crippen molar-refractivity contribution >= 4 is 15.8 Å². The number of sulfone groups is 1. The van der Waals surface area contributed by atoms with Crippen LogP contribution in [0, 0.1) is 13.8 Å². The highest BCUT2D eigenvalue weighted by atomic mass is 32.2. The summed E-state index contributed by atoms with van der Waals surface area (Å²) in [5, 5.41) is 0.00476. The third-order valence-electron chi connectivity index (χ3n) is 2.89. The van der Waals surface area contributed by atoms with Gasteiger partial charge < -0.3 is 9.15 Å². The molecule has 2 aromatic rings. The van der Waals surface area contributed by atoms with Crippen LogP contribution in [0.1, 0.15) is 28.7 Å². The van der Waals surface area contributed by atoms with Gasteiger partial charge in [-0.05, 0) is 32.4 Å². The van der Waals surface area contributed by atoms with E-state index in [1.807, 2.05) is 0 Å². The van der Waals surface area contributed by atoms with E-state index in [9.17, 15) is 13.2 Å². The van der Waals surface area contributed by atoms with Crippen LogP contribution < -0.4 is 0 Å². The number of hydrogen-bond acceptors (Lipinski definition) is 7. The lowest BCUT2D eigenvalue weighted by Gasteiger charge is -2.03. The van der Waals surface area contributed by atoms with E-state index in [-0.39, 0.29) is 23.2 Å². The van der Waals surface area contributed by atoms with E-state index in [1.54, 1.807) is 26.8 Å². The molecule has 0 amide bonds. The van der Waals surface area contributed by atoms with Crippen LogP contribution in [0.5, 0.6) is 0 Å². The van der Waals surface area contributed by atoms with Crippen LogP contribution in [0.25, 0.3) is 11.5 Å². The largest absolute Gasteiger partial charge is 0.461 e. The molecule has 0 aliphatic rings. The molecule has 0 aliphatic heterocycles. The fourth-order valence-corrected chi connectivity index (χ4v) is 2.86. The number of oxazole rings is 1. The summed E-state index contributed by atoms with van der Waals surface area (Å²) >= 11 is 0. The molecule has 2 aromatic heterocycles. The third-order valence-corrected chi connectivity index (χ3v) is 4.02. The van der Waals surface area contributed by atoms with Gasteiger partial charge in [-0.15, -0.1) is 0 Å². The number of hydrogen-bond donors (Lipinski definition) is 0. The van der Waals surface area contributed by atoms with Crippen LogP contribution in [-0.4, -0.2) is 37.2 Å². The number of carbonyl (C=O) groups excluding carboxylic acids is 1. The average molecular weight is 324 g/mol. The van der Waals surface area contributed by atoms with Crippen LogP contribution in [0.15, 0.2) is 21.7 Å². The van der Waals surface area contributed by atoms with E-state index >= 15 is 0 Å². The Balaban J connectivity index is 2.44. The molecule has 22 heavy (non-hydrogen) atoms. The zero-order valence-electron chi connectivity index (χ0n) is 12.7. The lowest BCUT2D eigenvalue weighted by Crippen LogP contribution is -2.06. The Morgan fingerprint density at radius 1 is 1.36 bits per heavy atom. The number of ether oxygens (including phenoxy) is 1. The first-order chi connectivity index (χ1) is 10.2. The highest BCUT2D eigenvalue weighted by molar-refractivity contribution is 7.90. The van der Waals surface area contributed by atoms with Crippen molar-refractivity contribution in [1.82, 2.24) is 9.97 Å². The molecule has 0 atom stereocenters. The maximum atomic E-state index is 11.7. The molecule has 2 heterocycles. The predicted octanol–water partition coefficient (Wildman–Crippen LogP) is 1.93. The summed E-state index contributed by atoms with van der Waals surface area (Å²) in [6.45, 7) is 5.18. The Hall–Kier alpha value is -2.22. The molecule has 0 saturated heterocycles. The highest BCUT2D eigenvalue weighted by Crippen LogP contribution is 2.24. The molecule has 0 fully saturated rings. The SMILES string of the molecule is CCOC(=O)c1nc(-c2cnc(S(C)(=O)=O)c(C)c2)oc1C. The standard InChI is InChI=1S/C14H16N2O5S/c1-5-20-14(17)11-9(3)21-12(16-11)10-6-8(2)13(15-7-10)22(4,18)19/h6-7H,5H2,1-4H3. The Bertz CT molecular complexity index is 824. The van der Waals surface area contributed by atoms with Gasteiger partial charge in [0.25, 0.3) is 0 Å².